The molecule has 0 atom stereocenters. The number of benzene rings is 2. The van der Waals surface area contributed by atoms with E-state index in [9.17, 15) is 13.2 Å². The Kier molecular flexibility index (Phi) is 6.02. The van der Waals surface area contributed by atoms with E-state index in [4.69, 9.17) is 11.6 Å². The normalized spacial score (nSPS) is 11.6. The van der Waals surface area contributed by atoms with E-state index in [-0.39, 0.29) is 17.1 Å². The van der Waals surface area contributed by atoms with E-state index in [1.807, 2.05) is 0 Å². The number of hydrogen-bond donors (Lipinski definition) is 1. The van der Waals surface area contributed by atoms with Gasteiger partial charge in [0.2, 0.25) is 10.0 Å². The fraction of sp³-hybridized carbons (Fsp3) is 0.211. The molecule has 0 saturated carbocycles. The Morgan fingerprint density at radius 1 is 1.17 bits per heavy atom. The van der Waals surface area contributed by atoms with Gasteiger partial charge in [-0.3, -0.25) is 4.79 Å². The lowest BCUT2D eigenvalue weighted by molar-refractivity contribution is 0.0945. The Morgan fingerprint density at radius 3 is 2.59 bits per heavy atom. The molecular weight excluding hydrogens is 414 g/mol. The van der Waals surface area contributed by atoms with Crippen LogP contribution < -0.4 is 5.32 Å². The quantitative estimate of drug-likeness (QED) is 0.643. The van der Waals surface area contributed by atoms with E-state index in [1.54, 1.807) is 49.4 Å². The van der Waals surface area contributed by atoms with E-state index in [0.29, 0.717) is 22.0 Å². The molecule has 2 aromatic carbocycles. The third-order valence-electron chi connectivity index (χ3n) is 4.33. The summed E-state index contributed by atoms with van der Waals surface area (Å²) in [6.45, 7) is 1.76. The number of halogens is 1. The van der Waals surface area contributed by atoms with Crippen LogP contribution in [0.5, 0.6) is 0 Å². The first-order valence-corrected chi connectivity index (χ1v) is 10.5. The molecule has 0 aliphatic heterocycles. The van der Waals surface area contributed by atoms with Crippen molar-refractivity contribution in [2.75, 3.05) is 14.1 Å². The van der Waals surface area contributed by atoms with E-state index in [0.717, 1.165) is 4.31 Å². The number of carbonyl (C=O) groups is 1. The van der Waals surface area contributed by atoms with Crippen molar-refractivity contribution < 1.29 is 13.2 Å². The summed E-state index contributed by atoms with van der Waals surface area (Å²) < 4.78 is 27.6. The van der Waals surface area contributed by atoms with Gasteiger partial charge in [0, 0.05) is 25.7 Å². The predicted octanol–water partition coefficient (Wildman–Crippen LogP) is 2.41. The number of carbonyl (C=O) groups excluding carboxylic acids is 1. The number of nitrogens with zero attached hydrogens (tertiary/aromatic N) is 4. The fourth-order valence-corrected chi connectivity index (χ4v) is 4.05. The molecule has 3 rings (SSSR count). The van der Waals surface area contributed by atoms with Crippen molar-refractivity contribution in [3.05, 3.63) is 70.5 Å². The van der Waals surface area contributed by atoms with Gasteiger partial charge >= 0.3 is 0 Å². The Hall–Kier alpha value is -2.75. The highest BCUT2D eigenvalue weighted by molar-refractivity contribution is 7.89. The van der Waals surface area contributed by atoms with Crippen molar-refractivity contribution in [1.29, 1.82) is 0 Å². The van der Waals surface area contributed by atoms with Crippen LogP contribution in [0.15, 0.2) is 53.4 Å². The van der Waals surface area contributed by atoms with Gasteiger partial charge in [0.1, 0.15) is 0 Å². The number of nitrogens with one attached hydrogen (secondary N) is 1. The molecule has 152 valence electrons. The van der Waals surface area contributed by atoms with Crippen LogP contribution >= 0.6 is 11.6 Å². The van der Waals surface area contributed by atoms with Gasteiger partial charge in [-0.2, -0.15) is 0 Å². The molecule has 0 spiro atoms. The Morgan fingerprint density at radius 2 is 1.90 bits per heavy atom. The van der Waals surface area contributed by atoms with Crippen LogP contribution in [0.3, 0.4) is 0 Å². The molecular formula is C19H20ClN5O3S. The summed E-state index contributed by atoms with van der Waals surface area (Å²) in [7, 11) is -0.706. The maximum atomic E-state index is 12.6. The number of sulfonamides is 1. The van der Waals surface area contributed by atoms with Crippen LogP contribution in [0.4, 0.5) is 0 Å². The zero-order chi connectivity index (χ0) is 21.2. The second-order valence-electron chi connectivity index (χ2n) is 6.49. The van der Waals surface area contributed by atoms with Crippen molar-refractivity contribution in [3.8, 4) is 5.69 Å². The van der Waals surface area contributed by atoms with Gasteiger partial charge in [-0.1, -0.05) is 41.1 Å². The highest BCUT2D eigenvalue weighted by atomic mass is 35.5. The fourth-order valence-electron chi connectivity index (χ4n) is 2.75. The molecule has 0 saturated heterocycles. The molecule has 0 aliphatic carbocycles. The Labute approximate surface area is 174 Å². The van der Waals surface area contributed by atoms with Gasteiger partial charge in [-0.15, -0.1) is 5.10 Å². The molecule has 3 aromatic rings. The molecule has 0 unspecified atom stereocenters. The average Bonchev–Trinajstić information content (AvgIpc) is 3.07. The Bertz CT molecular complexity index is 1160. The van der Waals surface area contributed by atoms with Gasteiger partial charge in [0.25, 0.3) is 5.91 Å². The maximum Gasteiger partial charge on any atom is 0.274 e. The van der Waals surface area contributed by atoms with Gasteiger partial charge in [-0.05, 0) is 36.8 Å². The van der Waals surface area contributed by atoms with Crippen LogP contribution in [-0.4, -0.2) is 47.7 Å². The summed E-state index contributed by atoms with van der Waals surface area (Å²) in [6.07, 6.45) is 0. The molecule has 0 fully saturated rings. The van der Waals surface area contributed by atoms with E-state index in [2.05, 4.69) is 15.6 Å². The lowest BCUT2D eigenvalue weighted by atomic mass is 10.2. The van der Waals surface area contributed by atoms with Crippen molar-refractivity contribution in [1.82, 2.24) is 24.6 Å². The minimum absolute atomic E-state index is 0.0333. The number of aromatic nitrogens is 3. The summed E-state index contributed by atoms with van der Waals surface area (Å²) in [5.74, 6) is -0.451. The van der Waals surface area contributed by atoms with Gasteiger partial charge in [0.05, 0.1) is 16.3 Å². The molecule has 1 heterocycles. The number of amides is 1. The molecule has 0 bridgehead atoms. The SMILES string of the molecule is Cc1c(C(=O)NCc2ccccc2S(=O)(=O)N(C)C)nnn1-c1cccc(Cl)c1. The van der Waals surface area contributed by atoms with Crippen molar-refractivity contribution in [3.63, 3.8) is 0 Å². The molecule has 29 heavy (non-hydrogen) atoms. The lowest BCUT2D eigenvalue weighted by Crippen LogP contribution is -2.27. The molecule has 0 aliphatic rings. The second-order valence-corrected chi connectivity index (χ2v) is 9.05. The van der Waals surface area contributed by atoms with Crippen LogP contribution in [-0.2, 0) is 16.6 Å². The highest BCUT2D eigenvalue weighted by Crippen LogP contribution is 2.19. The van der Waals surface area contributed by atoms with Crippen LogP contribution in [0.1, 0.15) is 21.7 Å². The predicted molar refractivity (Wildman–Crippen MR) is 110 cm³/mol. The number of rotatable bonds is 6. The van der Waals surface area contributed by atoms with E-state index >= 15 is 0 Å². The average molecular weight is 434 g/mol. The van der Waals surface area contributed by atoms with Crippen LogP contribution in [0.2, 0.25) is 5.02 Å². The zero-order valence-electron chi connectivity index (χ0n) is 16.1. The number of hydrogen-bond acceptors (Lipinski definition) is 5. The highest BCUT2D eigenvalue weighted by Gasteiger charge is 2.22. The summed E-state index contributed by atoms with van der Waals surface area (Å²) in [6, 6.07) is 13.6. The minimum atomic E-state index is -3.63. The third-order valence-corrected chi connectivity index (χ3v) is 6.48. The topological polar surface area (TPSA) is 97.2 Å². The molecule has 1 N–H and O–H groups in total. The first-order chi connectivity index (χ1) is 13.7. The van der Waals surface area contributed by atoms with Crippen molar-refractivity contribution in [2.24, 2.45) is 0 Å². The summed E-state index contributed by atoms with van der Waals surface area (Å²) in [5, 5.41) is 11.3. The lowest BCUT2D eigenvalue weighted by Gasteiger charge is -2.15. The standard InChI is InChI=1S/C19H20ClN5O3S/c1-13-18(22-23-25(13)16-9-6-8-15(20)11-16)19(26)21-12-14-7-4-5-10-17(14)29(27,28)24(2)3/h4-11H,12H2,1-3H3,(H,21,26). The van der Waals surface area contributed by atoms with E-state index in [1.165, 1.54) is 24.8 Å². The summed E-state index contributed by atoms with van der Waals surface area (Å²) in [5.41, 5.74) is 1.86. The zero-order valence-corrected chi connectivity index (χ0v) is 17.7. The summed E-state index contributed by atoms with van der Waals surface area (Å²) >= 11 is 6.01. The van der Waals surface area contributed by atoms with Gasteiger partial charge in [0.15, 0.2) is 5.69 Å². The molecule has 10 heteroatoms. The molecule has 0 radical (unpaired) electrons. The molecule has 1 amide bonds. The minimum Gasteiger partial charge on any atom is -0.346 e. The monoisotopic (exact) mass is 433 g/mol. The van der Waals surface area contributed by atoms with Gasteiger partial charge in [-0.25, -0.2) is 17.4 Å². The largest absolute Gasteiger partial charge is 0.346 e. The molecule has 8 nitrogen and oxygen atoms in total. The Balaban J connectivity index is 1.82. The maximum absolute atomic E-state index is 12.6. The summed E-state index contributed by atoms with van der Waals surface area (Å²) in [4.78, 5) is 12.8. The first kappa shape index (κ1) is 21.0. The molecule has 1 aromatic heterocycles. The smallest absolute Gasteiger partial charge is 0.274 e. The van der Waals surface area contributed by atoms with Crippen molar-refractivity contribution >= 4 is 27.5 Å². The second kappa shape index (κ2) is 8.32. The van der Waals surface area contributed by atoms with Crippen LogP contribution in [0.25, 0.3) is 5.69 Å². The first-order valence-electron chi connectivity index (χ1n) is 8.68. The van der Waals surface area contributed by atoms with Gasteiger partial charge < -0.3 is 5.32 Å². The third kappa shape index (κ3) is 4.31. The van der Waals surface area contributed by atoms with Crippen molar-refractivity contribution in [2.45, 2.75) is 18.4 Å². The van der Waals surface area contributed by atoms with E-state index < -0.39 is 15.9 Å². The van der Waals surface area contributed by atoms with Crippen LogP contribution in [0, 0.1) is 6.92 Å².